The number of hydrogen-bond acceptors (Lipinski definition) is 3. The Bertz CT molecular complexity index is 403. The summed E-state index contributed by atoms with van der Waals surface area (Å²) >= 11 is 0. The van der Waals surface area contributed by atoms with E-state index in [1.165, 1.54) is 11.3 Å². The molecule has 92 valence electrons. The Labute approximate surface area is 102 Å². The molecule has 1 atom stereocenters. The van der Waals surface area contributed by atoms with Gasteiger partial charge in [0.1, 0.15) is 0 Å². The number of esters is 1. The Hall–Kier alpha value is -1.51. The zero-order valence-corrected chi connectivity index (χ0v) is 10.5. The number of rotatable bonds is 4. The Morgan fingerprint density at radius 2 is 2.24 bits per heavy atom. The predicted octanol–water partition coefficient (Wildman–Crippen LogP) is 2.25. The summed E-state index contributed by atoms with van der Waals surface area (Å²) in [6, 6.07) is 8.40. The summed E-state index contributed by atoms with van der Waals surface area (Å²) in [6.07, 6.45) is 1.08. The molecule has 3 heteroatoms. The molecule has 1 unspecified atom stereocenters. The third-order valence-corrected chi connectivity index (χ3v) is 3.17. The van der Waals surface area contributed by atoms with Crippen molar-refractivity contribution in [2.75, 3.05) is 24.6 Å². The van der Waals surface area contributed by atoms with Gasteiger partial charge in [-0.15, -0.1) is 0 Å². The SMILES string of the molecule is CCOC(=O)C(C)CN1CCc2ccccc21. The summed E-state index contributed by atoms with van der Waals surface area (Å²) in [5, 5.41) is 0. The van der Waals surface area contributed by atoms with Crippen molar-refractivity contribution in [1.29, 1.82) is 0 Å². The van der Waals surface area contributed by atoms with Gasteiger partial charge in [0.15, 0.2) is 0 Å². The van der Waals surface area contributed by atoms with Crippen LogP contribution in [0.4, 0.5) is 5.69 Å². The topological polar surface area (TPSA) is 29.5 Å². The third-order valence-electron chi connectivity index (χ3n) is 3.17. The van der Waals surface area contributed by atoms with Crippen LogP contribution in [-0.4, -0.2) is 25.7 Å². The van der Waals surface area contributed by atoms with Crippen molar-refractivity contribution in [3.8, 4) is 0 Å². The van der Waals surface area contributed by atoms with E-state index in [0.29, 0.717) is 6.61 Å². The molecule has 1 heterocycles. The van der Waals surface area contributed by atoms with Gasteiger partial charge in [0.25, 0.3) is 0 Å². The predicted molar refractivity (Wildman–Crippen MR) is 68.2 cm³/mol. The minimum absolute atomic E-state index is 0.0684. The largest absolute Gasteiger partial charge is 0.466 e. The summed E-state index contributed by atoms with van der Waals surface area (Å²) in [6.45, 7) is 5.98. The van der Waals surface area contributed by atoms with Gasteiger partial charge < -0.3 is 9.64 Å². The standard InChI is InChI=1S/C14H19NO2/c1-3-17-14(16)11(2)10-15-9-8-12-6-4-5-7-13(12)15/h4-7,11H,3,8-10H2,1-2H3. The highest BCUT2D eigenvalue weighted by Gasteiger charge is 2.23. The maximum absolute atomic E-state index is 11.6. The first kappa shape index (κ1) is 12.0. The normalized spacial score (nSPS) is 15.5. The van der Waals surface area contributed by atoms with Crippen LogP contribution in [0.3, 0.4) is 0 Å². The zero-order chi connectivity index (χ0) is 12.3. The van der Waals surface area contributed by atoms with Crippen LogP contribution in [0.2, 0.25) is 0 Å². The molecule has 2 rings (SSSR count). The van der Waals surface area contributed by atoms with E-state index in [4.69, 9.17) is 4.74 Å². The van der Waals surface area contributed by atoms with E-state index in [1.807, 2.05) is 19.9 Å². The van der Waals surface area contributed by atoms with Gasteiger partial charge in [0.2, 0.25) is 0 Å². The molecule has 17 heavy (non-hydrogen) atoms. The molecule has 1 aromatic rings. The number of nitrogens with zero attached hydrogens (tertiary/aromatic N) is 1. The summed E-state index contributed by atoms with van der Waals surface area (Å²) < 4.78 is 5.04. The van der Waals surface area contributed by atoms with Gasteiger partial charge in [-0.05, 0) is 25.0 Å². The minimum atomic E-state index is -0.100. The first-order chi connectivity index (χ1) is 8.22. The summed E-state index contributed by atoms with van der Waals surface area (Å²) in [5.74, 6) is -0.169. The maximum atomic E-state index is 11.6. The van der Waals surface area contributed by atoms with Crippen molar-refractivity contribution >= 4 is 11.7 Å². The molecule has 0 amide bonds. The van der Waals surface area contributed by atoms with Crippen molar-refractivity contribution in [1.82, 2.24) is 0 Å². The van der Waals surface area contributed by atoms with E-state index < -0.39 is 0 Å². The average molecular weight is 233 g/mol. The number of benzene rings is 1. The van der Waals surface area contributed by atoms with Crippen molar-refractivity contribution in [3.05, 3.63) is 29.8 Å². The number of para-hydroxylation sites is 1. The number of ether oxygens (including phenoxy) is 1. The van der Waals surface area contributed by atoms with Gasteiger partial charge in [-0.3, -0.25) is 4.79 Å². The van der Waals surface area contributed by atoms with Crippen LogP contribution in [0, 0.1) is 5.92 Å². The van der Waals surface area contributed by atoms with E-state index in [1.54, 1.807) is 0 Å². The highest BCUT2D eigenvalue weighted by molar-refractivity contribution is 5.73. The number of carbonyl (C=O) groups excluding carboxylic acids is 1. The van der Waals surface area contributed by atoms with Crippen LogP contribution in [0.15, 0.2) is 24.3 Å². The second-order valence-electron chi connectivity index (χ2n) is 4.48. The van der Waals surface area contributed by atoms with E-state index in [2.05, 4.69) is 23.1 Å². The highest BCUT2D eigenvalue weighted by Crippen LogP contribution is 2.28. The van der Waals surface area contributed by atoms with Crippen LogP contribution in [0.25, 0.3) is 0 Å². The molecule has 0 N–H and O–H groups in total. The molecule has 0 spiro atoms. The van der Waals surface area contributed by atoms with Gasteiger partial charge in [-0.1, -0.05) is 25.1 Å². The molecule has 1 aliphatic heterocycles. The van der Waals surface area contributed by atoms with Gasteiger partial charge in [-0.2, -0.15) is 0 Å². The second-order valence-corrected chi connectivity index (χ2v) is 4.48. The summed E-state index contributed by atoms with van der Waals surface area (Å²) in [5.41, 5.74) is 2.65. The molecule has 0 radical (unpaired) electrons. The Morgan fingerprint density at radius 1 is 1.47 bits per heavy atom. The molecule has 0 fully saturated rings. The Balaban J connectivity index is 1.99. The molecule has 1 aliphatic rings. The number of fused-ring (bicyclic) bond motifs is 1. The van der Waals surface area contributed by atoms with E-state index in [0.717, 1.165) is 19.5 Å². The van der Waals surface area contributed by atoms with Crippen LogP contribution in [0.5, 0.6) is 0 Å². The number of hydrogen-bond donors (Lipinski definition) is 0. The molecule has 0 saturated heterocycles. The summed E-state index contributed by atoms with van der Waals surface area (Å²) in [4.78, 5) is 13.9. The number of anilines is 1. The third kappa shape index (κ3) is 2.60. The fraction of sp³-hybridized carbons (Fsp3) is 0.500. The quantitative estimate of drug-likeness (QED) is 0.747. The van der Waals surface area contributed by atoms with Crippen LogP contribution in [-0.2, 0) is 16.0 Å². The summed E-state index contributed by atoms with van der Waals surface area (Å²) in [7, 11) is 0. The van der Waals surface area contributed by atoms with E-state index in [9.17, 15) is 4.79 Å². The van der Waals surface area contributed by atoms with Crippen LogP contribution < -0.4 is 4.90 Å². The molecule has 0 aliphatic carbocycles. The van der Waals surface area contributed by atoms with Gasteiger partial charge in [0.05, 0.1) is 12.5 Å². The lowest BCUT2D eigenvalue weighted by molar-refractivity contribution is -0.147. The zero-order valence-electron chi connectivity index (χ0n) is 10.5. The fourth-order valence-electron chi connectivity index (χ4n) is 2.29. The van der Waals surface area contributed by atoms with Crippen molar-refractivity contribution in [3.63, 3.8) is 0 Å². The van der Waals surface area contributed by atoms with Crippen LogP contribution >= 0.6 is 0 Å². The lowest BCUT2D eigenvalue weighted by Crippen LogP contribution is -2.31. The monoisotopic (exact) mass is 233 g/mol. The molecule has 0 aromatic heterocycles. The molecule has 0 saturated carbocycles. The minimum Gasteiger partial charge on any atom is -0.466 e. The highest BCUT2D eigenvalue weighted by atomic mass is 16.5. The van der Waals surface area contributed by atoms with Crippen molar-refractivity contribution in [2.45, 2.75) is 20.3 Å². The van der Waals surface area contributed by atoms with Gasteiger partial charge >= 0.3 is 5.97 Å². The first-order valence-corrected chi connectivity index (χ1v) is 6.22. The van der Waals surface area contributed by atoms with Gasteiger partial charge in [-0.25, -0.2) is 0 Å². The van der Waals surface area contributed by atoms with Gasteiger partial charge in [0, 0.05) is 18.8 Å². The molecule has 3 nitrogen and oxygen atoms in total. The molecule has 0 bridgehead atoms. The molecular formula is C14H19NO2. The smallest absolute Gasteiger partial charge is 0.310 e. The Morgan fingerprint density at radius 3 is 3.00 bits per heavy atom. The second kappa shape index (κ2) is 5.21. The van der Waals surface area contributed by atoms with Crippen molar-refractivity contribution in [2.24, 2.45) is 5.92 Å². The molecular weight excluding hydrogens is 214 g/mol. The Kier molecular flexibility index (Phi) is 3.67. The van der Waals surface area contributed by atoms with Crippen molar-refractivity contribution < 1.29 is 9.53 Å². The maximum Gasteiger partial charge on any atom is 0.310 e. The van der Waals surface area contributed by atoms with E-state index in [-0.39, 0.29) is 11.9 Å². The lowest BCUT2D eigenvalue weighted by Gasteiger charge is -2.22. The molecule has 1 aromatic carbocycles. The van der Waals surface area contributed by atoms with Crippen LogP contribution in [0.1, 0.15) is 19.4 Å². The fourth-order valence-corrected chi connectivity index (χ4v) is 2.29. The first-order valence-electron chi connectivity index (χ1n) is 6.22. The average Bonchev–Trinajstić information content (AvgIpc) is 2.73. The number of carbonyl (C=O) groups is 1. The lowest BCUT2D eigenvalue weighted by atomic mass is 10.1. The van der Waals surface area contributed by atoms with E-state index >= 15 is 0 Å².